The molecule has 6 heteroatoms. The Balaban J connectivity index is 3.36. The maximum Gasteiger partial charge on any atom is 0.305 e. The number of ether oxygens (including phenoxy) is 1. The van der Waals surface area contributed by atoms with Gasteiger partial charge in [0.15, 0.2) is 0 Å². The maximum absolute atomic E-state index is 12.4. The minimum absolute atomic E-state index is 0.00238. The van der Waals surface area contributed by atoms with Crippen LogP contribution in [-0.4, -0.2) is 47.4 Å². The average Bonchev–Trinajstić information content (AvgIpc) is 3.39. The Hall–Kier alpha value is -2.18. The zero-order valence-corrected chi connectivity index (χ0v) is 48.9. The van der Waals surface area contributed by atoms with Gasteiger partial charge in [-0.3, -0.25) is 9.59 Å². The highest BCUT2D eigenvalue weighted by Gasteiger charge is 2.18. The van der Waals surface area contributed by atoms with Crippen LogP contribution >= 0.6 is 0 Å². The van der Waals surface area contributed by atoms with E-state index in [4.69, 9.17) is 4.74 Å². The molecule has 0 aromatic carbocycles. The number of hydrogen-bond acceptors (Lipinski definition) is 5. The van der Waals surface area contributed by atoms with E-state index in [1.807, 2.05) is 6.08 Å². The number of allylic oxidation sites excluding steroid dienone is 7. The Bertz CT molecular complexity index is 1230. The number of esters is 1. The second kappa shape index (κ2) is 62.4. The number of aliphatic hydroxyl groups is 2. The smallest absolute Gasteiger partial charge is 0.305 e. The number of nitrogens with one attached hydrogen (secondary N) is 1. The monoisotopic (exact) mass is 1020 g/mol. The van der Waals surface area contributed by atoms with Crippen molar-refractivity contribution < 1.29 is 24.5 Å². The van der Waals surface area contributed by atoms with Gasteiger partial charge in [-0.25, -0.2) is 0 Å². The van der Waals surface area contributed by atoms with Crippen LogP contribution in [0.1, 0.15) is 341 Å². The topological polar surface area (TPSA) is 95.9 Å². The van der Waals surface area contributed by atoms with E-state index >= 15 is 0 Å². The summed E-state index contributed by atoms with van der Waals surface area (Å²) in [6.07, 6.45) is 80.4. The van der Waals surface area contributed by atoms with Crippen LogP contribution in [0, 0.1) is 0 Å². The molecule has 3 N–H and O–H groups in total. The molecule has 0 aliphatic carbocycles. The molecule has 0 fully saturated rings. The SMILES string of the molecule is CCCC/C=C\C/C=C\CCCCCCCC(=O)OCCCCCCCCCCCCCC/C=C\CCCCCCCCCCCCCCCCCC(=O)NC(CO)C(O)/C=C/CCCCCCCCCCC. The van der Waals surface area contributed by atoms with E-state index < -0.39 is 12.1 Å². The largest absolute Gasteiger partial charge is 0.466 e. The molecule has 0 radical (unpaired) electrons. The van der Waals surface area contributed by atoms with E-state index in [1.54, 1.807) is 6.08 Å². The Morgan fingerprint density at radius 2 is 0.699 bits per heavy atom. The van der Waals surface area contributed by atoms with Gasteiger partial charge >= 0.3 is 5.97 Å². The molecule has 1 amide bonds. The number of hydrogen-bond donors (Lipinski definition) is 3. The van der Waals surface area contributed by atoms with E-state index in [2.05, 4.69) is 55.6 Å². The number of aliphatic hydroxyl groups excluding tert-OH is 2. The van der Waals surface area contributed by atoms with Crippen LogP contribution < -0.4 is 5.32 Å². The predicted molar refractivity (Wildman–Crippen MR) is 319 cm³/mol. The standard InChI is InChI=1S/C67H125NO5/c1-3-5-7-9-11-13-15-16-37-41-45-49-53-57-61-67(72)73-62-58-54-50-46-42-38-35-33-31-29-27-25-23-21-19-17-18-20-22-24-26-28-30-32-34-36-40-44-48-52-56-60-66(71)68-64(63-69)65(70)59-55-51-47-43-39-14-12-10-8-6-4-2/h9,11,15-16,19,21,55,59,64-65,69-70H,3-8,10,12-14,17-18,20,22-54,56-58,60-63H2,1-2H3,(H,68,71)/b11-9-,16-15-,21-19-,59-55+. The zero-order chi connectivity index (χ0) is 52.9. The number of carbonyl (C=O) groups excluding carboxylic acids is 2. The summed E-state index contributed by atoms with van der Waals surface area (Å²) in [7, 11) is 0. The first kappa shape index (κ1) is 70.8. The first-order valence-electron chi connectivity index (χ1n) is 32.4. The Labute approximate surface area is 455 Å². The fourth-order valence-electron chi connectivity index (χ4n) is 9.82. The molecule has 0 spiro atoms. The molecule has 73 heavy (non-hydrogen) atoms. The third-order valence-electron chi connectivity index (χ3n) is 14.8. The van der Waals surface area contributed by atoms with Crippen molar-refractivity contribution >= 4 is 11.9 Å². The highest BCUT2D eigenvalue weighted by molar-refractivity contribution is 5.76. The van der Waals surface area contributed by atoms with Gasteiger partial charge in [0.1, 0.15) is 0 Å². The minimum atomic E-state index is -0.842. The molecular formula is C67H125NO5. The van der Waals surface area contributed by atoms with Crippen molar-refractivity contribution in [3.63, 3.8) is 0 Å². The summed E-state index contributed by atoms with van der Waals surface area (Å²) >= 11 is 0. The molecule has 2 atom stereocenters. The molecule has 0 rings (SSSR count). The van der Waals surface area contributed by atoms with Crippen molar-refractivity contribution in [2.75, 3.05) is 13.2 Å². The van der Waals surface area contributed by atoms with Crippen molar-refractivity contribution in [1.29, 1.82) is 0 Å². The van der Waals surface area contributed by atoms with Crippen molar-refractivity contribution in [1.82, 2.24) is 5.32 Å². The summed E-state index contributed by atoms with van der Waals surface area (Å²) in [5.74, 6) is -0.0644. The van der Waals surface area contributed by atoms with Crippen LogP contribution in [0.5, 0.6) is 0 Å². The molecule has 0 aliphatic rings. The zero-order valence-electron chi connectivity index (χ0n) is 48.9. The van der Waals surface area contributed by atoms with Crippen molar-refractivity contribution in [2.45, 2.75) is 353 Å². The van der Waals surface area contributed by atoms with E-state index in [0.717, 1.165) is 51.4 Å². The molecule has 0 heterocycles. The second-order valence-corrected chi connectivity index (χ2v) is 22.1. The Morgan fingerprint density at radius 3 is 1.10 bits per heavy atom. The third-order valence-corrected chi connectivity index (χ3v) is 14.8. The molecule has 0 saturated carbocycles. The van der Waals surface area contributed by atoms with Gasteiger partial charge in [-0.1, -0.05) is 294 Å². The molecule has 0 aromatic heterocycles. The number of carbonyl (C=O) groups is 2. The fraction of sp³-hybridized carbons (Fsp3) is 0.851. The van der Waals surface area contributed by atoms with E-state index in [9.17, 15) is 19.8 Å². The lowest BCUT2D eigenvalue weighted by Crippen LogP contribution is -2.45. The van der Waals surface area contributed by atoms with Gasteiger partial charge in [-0.05, 0) is 83.5 Å². The molecule has 428 valence electrons. The molecule has 0 aliphatic heterocycles. The summed E-state index contributed by atoms with van der Waals surface area (Å²) in [6, 6.07) is -0.625. The van der Waals surface area contributed by atoms with Crippen LogP contribution in [-0.2, 0) is 14.3 Å². The lowest BCUT2D eigenvalue weighted by Gasteiger charge is -2.20. The average molecular weight is 1020 g/mol. The number of unbranched alkanes of at least 4 members (excludes halogenated alkanes) is 43. The quantitative estimate of drug-likeness (QED) is 0.0320. The van der Waals surface area contributed by atoms with E-state index in [-0.39, 0.29) is 18.5 Å². The summed E-state index contributed by atoms with van der Waals surface area (Å²) in [5, 5.41) is 23.0. The fourth-order valence-corrected chi connectivity index (χ4v) is 9.82. The molecular weight excluding hydrogens is 899 g/mol. The van der Waals surface area contributed by atoms with Crippen LogP contribution in [0.25, 0.3) is 0 Å². The van der Waals surface area contributed by atoms with Crippen LogP contribution in [0.3, 0.4) is 0 Å². The van der Waals surface area contributed by atoms with E-state index in [1.165, 1.54) is 263 Å². The minimum Gasteiger partial charge on any atom is -0.466 e. The number of amides is 1. The molecule has 6 nitrogen and oxygen atoms in total. The molecule has 0 bridgehead atoms. The molecule has 0 aromatic rings. The van der Waals surface area contributed by atoms with Gasteiger partial charge in [-0.15, -0.1) is 0 Å². The Kier molecular flexibility index (Phi) is 60.5. The van der Waals surface area contributed by atoms with Gasteiger partial charge in [0.2, 0.25) is 5.91 Å². The summed E-state index contributed by atoms with van der Waals surface area (Å²) in [4.78, 5) is 24.5. The summed E-state index contributed by atoms with van der Waals surface area (Å²) < 4.78 is 5.48. The normalized spacial score (nSPS) is 12.9. The highest BCUT2D eigenvalue weighted by atomic mass is 16.5. The summed E-state index contributed by atoms with van der Waals surface area (Å²) in [5.41, 5.74) is 0. The first-order valence-corrected chi connectivity index (χ1v) is 32.4. The highest BCUT2D eigenvalue weighted by Crippen LogP contribution is 2.17. The van der Waals surface area contributed by atoms with Crippen LogP contribution in [0.2, 0.25) is 0 Å². The van der Waals surface area contributed by atoms with Crippen molar-refractivity contribution in [3.05, 3.63) is 48.6 Å². The van der Waals surface area contributed by atoms with Gasteiger partial charge in [0.25, 0.3) is 0 Å². The third kappa shape index (κ3) is 58.9. The van der Waals surface area contributed by atoms with Gasteiger partial charge in [0.05, 0.1) is 25.4 Å². The maximum atomic E-state index is 12.4. The van der Waals surface area contributed by atoms with Crippen LogP contribution in [0.15, 0.2) is 48.6 Å². The van der Waals surface area contributed by atoms with Crippen molar-refractivity contribution in [2.24, 2.45) is 0 Å². The molecule has 2 unspecified atom stereocenters. The lowest BCUT2D eigenvalue weighted by molar-refractivity contribution is -0.143. The first-order chi connectivity index (χ1) is 36.0. The molecule has 0 saturated heterocycles. The lowest BCUT2D eigenvalue weighted by atomic mass is 10.0. The van der Waals surface area contributed by atoms with Gasteiger partial charge in [0, 0.05) is 12.8 Å². The predicted octanol–water partition coefficient (Wildman–Crippen LogP) is 20.5. The number of rotatable bonds is 60. The van der Waals surface area contributed by atoms with Gasteiger partial charge in [-0.2, -0.15) is 0 Å². The Morgan fingerprint density at radius 1 is 0.384 bits per heavy atom. The van der Waals surface area contributed by atoms with Crippen LogP contribution in [0.4, 0.5) is 0 Å². The summed E-state index contributed by atoms with van der Waals surface area (Å²) in [6.45, 7) is 4.85. The second-order valence-electron chi connectivity index (χ2n) is 22.1. The van der Waals surface area contributed by atoms with Crippen molar-refractivity contribution in [3.8, 4) is 0 Å². The van der Waals surface area contributed by atoms with Gasteiger partial charge < -0.3 is 20.3 Å². The van der Waals surface area contributed by atoms with E-state index in [0.29, 0.717) is 19.4 Å².